The van der Waals surface area contributed by atoms with Gasteiger partial charge in [0.15, 0.2) is 0 Å². The molecule has 17 heavy (non-hydrogen) atoms. The summed E-state index contributed by atoms with van der Waals surface area (Å²) < 4.78 is 62.0. The van der Waals surface area contributed by atoms with Gasteiger partial charge in [0.1, 0.15) is 12.6 Å². The molecular formula is C5H18N2O8S2. The first-order valence-electron chi connectivity index (χ1n) is 4.04. The SMILES string of the molecule is CC([NH3+])C[NH3+].COS(=O)(=O)[O-].COS(=O)(=O)[O-]. The van der Waals surface area contributed by atoms with Crippen molar-refractivity contribution in [2.24, 2.45) is 0 Å². The molecule has 6 N–H and O–H groups in total. The van der Waals surface area contributed by atoms with Crippen LogP contribution in [-0.4, -0.2) is 52.7 Å². The lowest BCUT2D eigenvalue weighted by Gasteiger charge is -1.98. The summed E-state index contributed by atoms with van der Waals surface area (Å²) in [7, 11) is -7.21. The molecule has 1 atom stereocenters. The van der Waals surface area contributed by atoms with Crippen molar-refractivity contribution in [1.29, 1.82) is 0 Å². The number of quaternary nitrogens is 2. The summed E-state index contributed by atoms with van der Waals surface area (Å²) in [6.45, 7) is 2.99. The van der Waals surface area contributed by atoms with Gasteiger partial charge in [0.05, 0.1) is 14.2 Å². The van der Waals surface area contributed by atoms with Gasteiger partial charge < -0.3 is 20.6 Å². The van der Waals surface area contributed by atoms with Crippen LogP contribution in [0.4, 0.5) is 0 Å². The van der Waals surface area contributed by atoms with E-state index in [0.29, 0.717) is 6.04 Å². The Balaban J connectivity index is -0.000000174. The molecule has 0 aromatic carbocycles. The highest BCUT2D eigenvalue weighted by molar-refractivity contribution is 7.81. The van der Waals surface area contributed by atoms with Crippen LogP contribution >= 0.6 is 0 Å². The van der Waals surface area contributed by atoms with E-state index in [0.717, 1.165) is 20.8 Å². The van der Waals surface area contributed by atoms with Crippen molar-refractivity contribution >= 4 is 20.8 Å². The van der Waals surface area contributed by atoms with E-state index in [-0.39, 0.29) is 0 Å². The normalized spacial score (nSPS) is 12.6. The molecule has 0 heterocycles. The van der Waals surface area contributed by atoms with Gasteiger partial charge in [-0.05, 0) is 6.92 Å². The Morgan fingerprint density at radius 3 is 1.18 bits per heavy atom. The summed E-state index contributed by atoms with van der Waals surface area (Å²) in [6.07, 6.45) is 0. The number of rotatable bonds is 3. The topological polar surface area (TPSA) is 188 Å². The maximum absolute atomic E-state index is 9.22. The van der Waals surface area contributed by atoms with Gasteiger partial charge in [-0.25, -0.2) is 16.8 Å². The Hall–Kier alpha value is -0.340. The third kappa shape index (κ3) is 49.8. The summed E-state index contributed by atoms with van der Waals surface area (Å²) in [6, 6.07) is 0.523. The second-order valence-corrected chi connectivity index (χ2v) is 4.84. The molecule has 108 valence electrons. The monoisotopic (exact) mass is 298 g/mol. The van der Waals surface area contributed by atoms with Crippen LogP contribution in [-0.2, 0) is 29.2 Å². The molecule has 0 radical (unpaired) electrons. The van der Waals surface area contributed by atoms with Crippen molar-refractivity contribution in [3.8, 4) is 0 Å². The predicted octanol–water partition coefficient (Wildman–Crippen LogP) is -3.96. The van der Waals surface area contributed by atoms with Crippen molar-refractivity contribution < 1.29 is 45.8 Å². The van der Waals surface area contributed by atoms with E-state index in [2.05, 4.69) is 19.8 Å². The zero-order valence-corrected chi connectivity index (χ0v) is 11.4. The Morgan fingerprint density at radius 1 is 1.06 bits per heavy atom. The van der Waals surface area contributed by atoms with Crippen molar-refractivity contribution in [3.63, 3.8) is 0 Å². The Morgan fingerprint density at radius 2 is 1.18 bits per heavy atom. The highest BCUT2D eigenvalue weighted by Crippen LogP contribution is 1.74. The zero-order chi connectivity index (χ0) is 14.7. The Labute approximate surface area is 101 Å². The zero-order valence-electron chi connectivity index (χ0n) is 9.78. The van der Waals surface area contributed by atoms with E-state index in [1.54, 1.807) is 0 Å². The highest BCUT2D eigenvalue weighted by Gasteiger charge is 1.88. The molecule has 0 bridgehead atoms. The molecule has 10 nitrogen and oxygen atoms in total. The third-order valence-electron chi connectivity index (χ3n) is 0.901. The minimum Gasteiger partial charge on any atom is -0.726 e. The van der Waals surface area contributed by atoms with Gasteiger partial charge in [-0.15, -0.1) is 0 Å². The van der Waals surface area contributed by atoms with Crippen LogP contribution in [0.15, 0.2) is 0 Å². The van der Waals surface area contributed by atoms with E-state index in [4.69, 9.17) is 0 Å². The van der Waals surface area contributed by atoms with Crippen LogP contribution < -0.4 is 11.5 Å². The minimum absolute atomic E-state index is 0.523. The molecule has 0 aromatic rings. The van der Waals surface area contributed by atoms with Crippen molar-refractivity contribution in [3.05, 3.63) is 0 Å². The maximum atomic E-state index is 9.22. The predicted molar refractivity (Wildman–Crippen MR) is 53.5 cm³/mol. The number of hydrogen-bond acceptors (Lipinski definition) is 8. The van der Waals surface area contributed by atoms with Crippen LogP contribution in [0.1, 0.15) is 6.92 Å². The van der Waals surface area contributed by atoms with Crippen LogP contribution in [0.3, 0.4) is 0 Å². The van der Waals surface area contributed by atoms with Crippen LogP contribution in [0.25, 0.3) is 0 Å². The first-order chi connectivity index (χ1) is 7.39. The Kier molecular flexibility index (Phi) is 13.9. The van der Waals surface area contributed by atoms with Gasteiger partial charge in [-0.1, -0.05) is 0 Å². The average molecular weight is 298 g/mol. The fourth-order valence-corrected chi connectivity index (χ4v) is 0. The molecule has 0 aromatic heterocycles. The lowest BCUT2D eigenvalue weighted by Crippen LogP contribution is -2.71. The molecule has 0 saturated heterocycles. The first kappa shape index (κ1) is 21.9. The summed E-state index contributed by atoms with van der Waals surface area (Å²) in [5, 5.41) is 0. The van der Waals surface area contributed by atoms with Crippen LogP contribution in [0.2, 0.25) is 0 Å². The van der Waals surface area contributed by atoms with Gasteiger partial charge in [0.25, 0.3) is 0 Å². The molecular weight excluding hydrogens is 280 g/mol. The molecule has 0 aliphatic heterocycles. The molecule has 0 aliphatic rings. The van der Waals surface area contributed by atoms with Gasteiger partial charge >= 0.3 is 0 Å². The van der Waals surface area contributed by atoms with E-state index >= 15 is 0 Å². The first-order valence-corrected chi connectivity index (χ1v) is 6.71. The molecule has 0 amide bonds. The van der Waals surface area contributed by atoms with Gasteiger partial charge in [-0.2, -0.15) is 0 Å². The largest absolute Gasteiger partial charge is 0.726 e. The average Bonchev–Trinajstić information content (AvgIpc) is 2.17. The van der Waals surface area contributed by atoms with Gasteiger partial charge in [-0.3, -0.25) is 8.37 Å². The standard InChI is InChI=1S/C3H10N2.2CH4O4S/c1-3(5)2-4;2*1-5-6(2,3)4/h3H,2,4-5H2,1H3;2*1H3,(H,2,3,4). The minimum atomic E-state index is -4.41. The second kappa shape index (κ2) is 10.8. The highest BCUT2D eigenvalue weighted by atomic mass is 32.3. The molecule has 0 saturated carbocycles. The summed E-state index contributed by atoms with van der Waals surface area (Å²) in [5.41, 5.74) is 7.32. The lowest BCUT2D eigenvalue weighted by molar-refractivity contribution is -0.488. The number of hydrogen-bond donors (Lipinski definition) is 2. The van der Waals surface area contributed by atoms with Crippen molar-refractivity contribution in [2.75, 3.05) is 20.8 Å². The Bertz CT molecular complexity index is 316. The van der Waals surface area contributed by atoms with Gasteiger partial charge in [0.2, 0.25) is 20.8 Å². The molecule has 0 spiro atoms. The molecule has 12 heteroatoms. The second-order valence-electron chi connectivity index (χ2n) is 2.54. The van der Waals surface area contributed by atoms with Gasteiger partial charge in [0, 0.05) is 0 Å². The fourth-order valence-electron chi connectivity index (χ4n) is 0. The molecule has 0 rings (SSSR count). The fraction of sp³-hybridized carbons (Fsp3) is 1.00. The summed E-state index contributed by atoms with van der Waals surface area (Å²) >= 11 is 0. The van der Waals surface area contributed by atoms with Crippen molar-refractivity contribution in [2.45, 2.75) is 13.0 Å². The lowest BCUT2D eigenvalue weighted by atomic mass is 10.4. The quantitative estimate of drug-likeness (QED) is 0.389. The third-order valence-corrected chi connectivity index (χ3v) is 1.72. The molecule has 0 fully saturated rings. The van der Waals surface area contributed by atoms with E-state index in [1.165, 1.54) is 0 Å². The summed E-state index contributed by atoms with van der Waals surface area (Å²) in [5.74, 6) is 0. The molecule has 0 aliphatic carbocycles. The summed E-state index contributed by atoms with van der Waals surface area (Å²) in [4.78, 5) is 0. The smallest absolute Gasteiger partial charge is 0.217 e. The van der Waals surface area contributed by atoms with E-state index in [9.17, 15) is 25.9 Å². The molecule has 1 unspecified atom stereocenters. The van der Waals surface area contributed by atoms with Crippen LogP contribution in [0.5, 0.6) is 0 Å². The van der Waals surface area contributed by atoms with Crippen molar-refractivity contribution in [1.82, 2.24) is 0 Å². The van der Waals surface area contributed by atoms with E-state index < -0.39 is 20.8 Å². The van der Waals surface area contributed by atoms with Crippen LogP contribution in [0, 0.1) is 0 Å². The van der Waals surface area contributed by atoms with E-state index in [1.807, 2.05) is 6.92 Å². The maximum Gasteiger partial charge on any atom is 0.217 e.